The van der Waals surface area contributed by atoms with Gasteiger partial charge in [-0.2, -0.15) is 4.31 Å². The molecule has 2 atom stereocenters. The molecule has 0 aromatic heterocycles. The van der Waals surface area contributed by atoms with Crippen molar-refractivity contribution in [3.8, 4) is 5.75 Å². The van der Waals surface area contributed by atoms with Gasteiger partial charge in [-0.05, 0) is 31.4 Å². The van der Waals surface area contributed by atoms with Crippen molar-refractivity contribution in [1.82, 2.24) is 14.9 Å². The summed E-state index contributed by atoms with van der Waals surface area (Å²) in [5, 5.41) is 6.78. The third-order valence-electron chi connectivity index (χ3n) is 5.43. The summed E-state index contributed by atoms with van der Waals surface area (Å²) in [7, 11) is 0.276. The number of methoxy groups -OCH3 is 1. The van der Waals surface area contributed by atoms with E-state index >= 15 is 0 Å². The van der Waals surface area contributed by atoms with Gasteiger partial charge in [0.05, 0.1) is 19.1 Å². The molecule has 2 heterocycles. The number of para-hydroxylation sites is 2. The van der Waals surface area contributed by atoms with Crippen molar-refractivity contribution >= 4 is 21.7 Å². The van der Waals surface area contributed by atoms with Crippen LogP contribution in [0.15, 0.2) is 29.3 Å². The zero-order chi connectivity index (χ0) is 20.1. The summed E-state index contributed by atoms with van der Waals surface area (Å²) < 4.78 is 30.9. The molecule has 0 bridgehead atoms. The van der Waals surface area contributed by atoms with E-state index in [4.69, 9.17) is 4.74 Å². The number of hydrogen-bond donors (Lipinski definition) is 2. The molecule has 2 N–H and O–H groups in total. The maximum absolute atomic E-state index is 11.9. The third-order valence-corrected chi connectivity index (χ3v) is 6.77. The Morgan fingerprint density at radius 3 is 2.79 bits per heavy atom. The standard InChI is InChI=1S/C19H31N5O3S/c1-20-19(21-13-16-7-6-11-24(16)28(3,25)26)22-15-10-12-23(14-15)17-8-4-5-9-18(17)27-2/h4-5,8-9,15-16H,6-7,10-14H2,1-3H3,(H2,20,21,22)/t15?,16-/m1/s1. The highest BCUT2D eigenvalue weighted by atomic mass is 32.2. The molecule has 1 unspecified atom stereocenters. The van der Waals surface area contributed by atoms with Crippen molar-refractivity contribution in [2.24, 2.45) is 4.99 Å². The van der Waals surface area contributed by atoms with Gasteiger partial charge in [0, 0.05) is 45.3 Å². The van der Waals surface area contributed by atoms with Crippen LogP contribution >= 0.6 is 0 Å². The third kappa shape index (κ3) is 4.88. The van der Waals surface area contributed by atoms with E-state index in [2.05, 4.69) is 26.6 Å². The maximum Gasteiger partial charge on any atom is 0.211 e. The molecule has 1 aromatic rings. The lowest BCUT2D eigenvalue weighted by Crippen LogP contribution is -2.49. The van der Waals surface area contributed by atoms with Crippen LogP contribution in [0.1, 0.15) is 19.3 Å². The number of sulfonamides is 1. The van der Waals surface area contributed by atoms with E-state index in [1.807, 2.05) is 18.2 Å². The first kappa shape index (κ1) is 20.7. The number of rotatable bonds is 6. The van der Waals surface area contributed by atoms with Crippen LogP contribution in [0.4, 0.5) is 5.69 Å². The van der Waals surface area contributed by atoms with Crippen LogP contribution < -0.4 is 20.3 Å². The average molecular weight is 410 g/mol. The second kappa shape index (κ2) is 9.00. The smallest absolute Gasteiger partial charge is 0.211 e. The molecule has 0 saturated carbocycles. The summed E-state index contributed by atoms with van der Waals surface area (Å²) in [6.07, 6.45) is 4.06. The minimum Gasteiger partial charge on any atom is -0.495 e. The Morgan fingerprint density at radius 2 is 2.07 bits per heavy atom. The van der Waals surface area contributed by atoms with E-state index in [0.29, 0.717) is 19.0 Å². The van der Waals surface area contributed by atoms with Crippen LogP contribution in [-0.2, 0) is 10.0 Å². The highest BCUT2D eigenvalue weighted by molar-refractivity contribution is 7.88. The lowest BCUT2D eigenvalue weighted by molar-refractivity contribution is 0.387. The van der Waals surface area contributed by atoms with Crippen molar-refractivity contribution in [3.63, 3.8) is 0 Å². The van der Waals surface area contributed by atoms with Gasteiger partial charge in [0.2, 0.25) is 10.0 Å². The molecule has 2 aliphatic heterocycles. The summed E-state index contributed by atoms with van der Waals surface area (Å²) in [6, 6.07) is 8.31. The first-order chi connectivity index (χ1) is 13.4. The Hall–Kier alpha value is -2.00. The van der Waals surface area contributed by atoms with Crippen LogP contribution in [0.2, 0.25) is 0 Å². The van der Waals surface area contributed by atoms with Gasteiger partial charge in [0.15, 0.2) is 5.96 Å². The van der Waals surface area contributed by atoms with Crippen molar-refractivity contribution in [2.45, 2.75) is 31.3 Å². The second-order valence-electron chi connectivity index (χ2n) is 7.37. The first-order valence-electron chi connectivity index (χ1n) is 9.74. The number of anilines is 1. The molecule has 28 heavy (non-hydrogen) atoms. The van der Waals surface area contributed by atoms with Gasteiger partial charge in [-0.25, -0.2) is 8.42 Å². The first-order valence-corrected chi connectivity index (χ1v) is 11.6. The predicted molar refractivity (Wildman–Crippen MR) is 113 cm³/mol. The fourth-order valence-corrected chi connectivity index (χ4v) is 5.22. The quantitative estimate of drug-likeness (QED) is 0.535. The molecule has 2 aliphatic rings. The minimum absolute atomic E-state index is 0.0118. The van der Waals surface area contributed by atoms with Crippen LogP contribution in [0.5, 0.6) is 5.75 Å². The Bertz CT molecular complexity index is 799. The van der Waals surface area contributed by atoms with Gasteiger partial charge >= 0.3 is 0 Å². The molecule has 0 amide bonds. The number of nitrogens with zero attached hydrogens (tertiary/aromatic N) is 3. The molecule has 156 valence electrons. The lowest BCUT2D eigenvalue weighted by atomic mass is 10.2. The number of aliphatic imine (C=N–C) groups is 1. The Kier molecular flexibility index (Phi) is 6.66. The second-order valence-corrected chi connectivity index (χ2v) is 9.31. The molecule has 8 nitrogen and oxygen atoms in total. The molecule has 0 spiro atoms. The average Bonchev–Trinajstić information content (AvgIpc) is 3.34. The molecule has 0 radical (unpaired) electrons. The molecule has 2 fully saturated rings. The highest BCUT2D eigenvalue weighted by Crippen LogP contribution is 2.30. The fourth-order valence-electron chi connectivity index (χ4n) is 4.04. The summed E-state index contributed by atoms with van der Waals surface area (Å²) in [6.45, 7) is 2.98. The van der Waals surface area contributed by atoms with Gasteiger partial charge in [-0.15, -0.1) is 0 Å². The number of benzene rings is 1. The maximum atomic E-state index is 11.9. The molecule has 3 rings (SSSR count). The number of guanidine groups is 1. The Labute approximate surface area is 168 Å². The van der Waals surface area contributed by atoms with Crippen molar-refractivity contribution < 1.29 is 13.2 Å². The van der Waals surface area contributed by atoms with E-state index in [0.717, 1.165) is 43.8 Å². The topological polar surface area (TPSA) is 86.3 Å². The Morgan fingerprint density at radius 1 is 1.29 bits per heavy atom. The van der Waals surface area contributed by atoms with Crippen LogP contribution in [0.25, 0.3) is 0 Å². The van der Waals surface area contributed by atoms with E-state index in [9.17, 15) is 8.42 Å². The fraction of sp³-hybridized carbons (Fsp3) is 0.632. The SMILES string of the molecule is CN=C(NC[C@H]1CCCN1S(C)(=O)=O)NC1CCN(c2ccccc2OC)C1. The van der Waals surface area contributed by atoms with Crippen molar-refractivity contribution in [2.75, 3.05) is 51.5 Å². The lowest BCUT2D eigenvalue weighted by Gasteiger charge is -2.25. The minimum atomic E-state index is -3.16. The van der Waals surface area contributed by atoms with Gasteiger partial charge in [-0.1, -0.05) is 12.1 Å². The number of nitrogens with one attached hydrogen (secondary N) is 2. The molecule has 2 saturated heterocycles. The van der Waals surface area contributed by atoms with E-state index in [1.54, 1.807) is 18.5 Å². The van der Waals surface area contributed by atoms with E-state index in [1.165, 1.54) is 6.26 Å². The van der Waals surface area contributed by atoms with Crippen LogP contribution in [0, 0.1) is 0 Å². The molecule has 9 heteroatoms. The van der Waals surface area contributed by atoms with E-state index < -0.39 is 10.0 Å². The Balaban J connectivity index is 1.53. The molecule has 1 aromatic carbocycles. The van der Waals surface area contributed by atoms with Gasteiger partial charge < -0.3 is 20.3 Å². The predicted octanol–water partition coefficient (Wildman–Crippen LogP) is 0.863. The van der Waals surface area contributed by atoms with Gasteiger partial charge in [0.25, 0.3) is 0 Å². The summed E-state index contributed by atoms with van der Waals surface area (Å²) >= 11 is 0. The van der Waals surface area contributed by atoms with Crippen LogP contribution in [-0.4, -0.2) is 77.4 Å². The normalized spacial score (nSPS) is 23.8. The zero-order valence-electron chi connectivity index (χ0n) is 16.9. The largest absolute Gasteiger partial charge is 0.495 e. The van der Waals surface area contributed by atoms with Gasteiger partial charge in [0.1, 0.15) is 5.75 Å². The summed E-state index contributed by atoms with van der Waals surface area (Å²) in [4.78, 5) is 6.63. The summed E-state index contributed by atoms with van der Waals surface area (Å²) in [5.41, 5.74) is 1.10. The monoisotopic (exact) mass is 409 g/mol. The van der Waals surface area contributed by atoms with Crippen molar-refractivity contribution in [1.29, 1.82) is 0 Å². The van der Waals surface area contributed by atoms with Crippen LogP contribution in [0.3, 0.4) is 0 Å². The van der Waals surface area contributed by atoms with E-state index in [-0.39, 0.29) is 12.1 Å². The van der Waals surface area contributed by atoms with Crippen molar-refractivity contribution in [3.05, 3.63) is 24.3 Å². The highest BCUT2D eigenvalue weighted by Gasteiger charge is 2.31. The molecule has 0 aliphatic carbocycles. The molecular formula is C19H31N5O3S. The zero-order valence-corrected chi connectivity index (χ0v) is 17.7. The summed E-state index contributed by atoms with van der Waals surface area (Å²) in [5.74, 6) is 1.60. The van der Waals surface area contributed by atoms with Gasteiger partial charge in [-0.3, -0.25) is 4.99 Å². The number of ether oxygens (including phenoxy) is 1. The number of hydrogen-bond acceptors (Lipinski definition) is 5. The molecular weight excluding hydrogens is 378 g/mol.